The first kappa shape index (κ1) is 11.7. The van der Waals surface area contributed by atoms with E-state index in [0.29, 0.717) is 5.56 Å². The Morgan fingerprint density at radius 2 is 2.18 bits per heavy atom. The van der Waals surface area contributed by atoms with E-state index >= 15 is 0 Å². The summed E-state index contributed by atoms with van der Waals surface area (Å²) in [6.45, 7) is 0.00310. The number of aromatic nitrogens is 2. The zero-order valence-electron chi connectivity index (χ0n) is 8.84. The monoisotopic (exact) mass is 292 g/mol. The third-order valence-electron chi connectivity index (χ3n) is 2.25. The van der Waals surface area contributed by atoms with Crippen LogP contribution in [0.2, 0.25) is 0 Å². The third-order valence-corrected chi connectivity index (χ3v) is 2.75. The summed E-state index contributed by atoms with van der Waals surface area (Å²) in [7, 11) is 0. The van der Waals surface area contributed by atoms with Gasteiger partial charge in [-0.3, -0.25) is 14.2 Å². The Morgan fingerprint density at radius 1 is 1.35 bits per heavy atom. The molecule has 86 valence electrons. The van der Waals surface area contributed by atoms with E-state index in [1.807, 2.05) is 6.07 Å². The molecular weight excluding hydrogens is 284 g/mol. The topological polar surface area (TPSA) is 52.0 Å². The quantitative estimate of drug-likeness (QED) is 0.812. The molecule has 0 bridgehead atoms. The van der Waals surface area contributed by atoms with Crippen LogP contribution in [0.3, 0.4) is 0 Å². The minimum Gasteiger partial charge on any atom is -0.292 e. The predicted octanol–water partition coefficient (Wildman–Crippen LogP) is 1.89. The van der Waals surface area contributed by atoms with Crippen LogP contribution in [0.25, 0.3) is 0 Å². The van der Waals surface area contributed by atoms with Gasteiger partial charge >= 0.3 is 0 Å². The molecule has 0 aliphatic heterocycles. The molecule has 2 aromatic rings. The van der Waals surface area contributed by atoms with Crippen molar-refractivity contribution in [2.45, 2.75) is 6.54 Å². The summed E-state index contributed by atoms with van der Waals surface area (Å²) < 4.78 is 2.12. The van der Waals surface area contributed by atoms with Gasteiger partial charge < -0.3 is 0 Å². The summed E-state index contributed by atoms with van der Waals surface area (Å²) in [5.41, 5.74) is 0.332. The smallest absolute Gasteiger partial charge is 0.253 e. The molecule has 0 fully saturated rings. The van der Waals surface area contributed by atoms with Gasteiger partial charge in [-0.15, -0.1) is 0 Å². The summed E-state index contributed by atoms with van der Waals surface area (Å²) in [6.07, 6.45) is 2.76. The lowest BCUT2D eigenvalue weighted by Gasteiger charge is -2.04. The fourth-order valence-electron chi connectivity index (χ4n) is 1.41. The van der Waals surface area contributed by atoms with Crippen molar-refractivity contribution in [1.82, 2.24) is 9.55 Å². The fraction of sp³-hybridized carbons (Fsp3) is 0.0833. The number of Topliss-reactive ketones (excluding diaryl/α,β-unsaturated/α-hetero) is 1. The van der Waals surface area contributed by atoms with Crippen LogP contribution < -0.4 is 5.56 Å². The molecule has 0 unspecified atom stereocenters. The van der Waals surface area contributed by atoms with Gasteiger partial charge in [0.05, 0.1) is 12.9 Å². The van der Waals surface area contributed by atoms with Crippen LogP contribution >= 0.6 is 15.9 Å². The molecule has 2 rings (SSSR count). The highest BCUT2D eigenvalue weighted by Gasteiger charge is 2.07. The van der Waals surface area contributed by atoms with Gasteiger partial charge in [-0.25, -0.2) is 4.98 Å². The molecule has 0 N–H and O–H groups in total. The number of ketones is 1. The normalized spacial score (nSPS) is 10.2. The SMILES string of the molecule is O=C(Cn1cnccc1=O)c1cccc(Br)c1. The van der Waals surface area contributed by atoms with Gasteiger partial charge in [-0.2, -0.15) is 0 Å². The molecule has 4 nitrogen and oxygen atoms in total. The third kappa shape index (κ3) is 2.88. The summed E-state index contributed by atoms with van der Waals surface area (Å²) >= 11 is 3.30. The van der Waals surface area contributed by atoms with Crippen molar-refractivity contribution in [1.29, 1.82) is 0 Å². The second kappa shape index (κ2) is 5.05. The number of hydrogen-bond donors (Lipinski definition) is 0. The van der Waals surface area contributed by atoms with Crippen LogP contribution in [-0.4, -0.2) is 15.3 Å². The zero-order valence-corrected chi connectivity index (χ0v) is 10.4. The lowest BCUT2D eigenvalue weighted by molar-refractivity contribution is 0.0970. The number of hydrogen-bond acceptors (Lipinski definition) is 3. The van der Waals surface area contributed by atoms with E-state index in [9.17, 15) is 9.59 Å². The van der Waals surface area contributed by atoms with Crippen LogP contribution in [-0.2, 0) is 6.54 Å². The van der Waals surface area contributed by atoms with E-state index < -0.39 is 0 Å². The van der Waals surface area contributed by atoms with Crippen molar-refractivity contribution in [2.75, 3.05) is 0 Å². The first-order chi connectivity index (χ1) is 8.16. The second-order valence-electron chi connectivity index (χ2n) is 3.48. The van der Waals surface area contributed by atoms with Crippen molar-refractivity contribution < 1.29 is 4.79 Å². The molecule has 1 aromatic heterocycles. The highest BCUT2D eigenvalue weighted by Crippen LogP contribution is 2.12. The van der Waals surface area contributed by atoms with Crippen molar-refractivity contribution in [3.63, 3.8) is 0 Å². The van der Waals surface area contributed by atoms with Crippen LogP contribution in [0.4, 0.5) is 0 Å². The maximum absolute atomic E-state index is 11.9. The van der Waals surface area contributed by atoms with E-state index in [1.54, 1.807) is 18.2 Å². The van der Waals surface area contributed by atoms with Gasteiger partial charge in [-0.1, -0.05) is 28.1 Å². The molecule has 0 saturated heterocycles. The van der Waals surface area contributed by atoms with Crippen molar-refractivity contribution >= 4 is 21.7 Å². The molecule has 0 aliphatic rings. The van der Waals surface area contributed by atoms with Gasteiger partial charge in [0.15, 0.2) is 5.78 Å². The molecule has 0 saturated carbocycles. The number of nitrogens with zero attached hydrogens (tertiary/aromatic N) is 2. The van der Waals surface area contributed by atoms with Crippen molar-refractivity contribution in [3.8, 4) is 0 Å². The lowest BCUT2D eigenvalue weighted by atomic mass is 10.1. The molecule has 1 aromatic carbocycles. The standard InChI is InChI=1S/C12H9BrN2O2/c13-10-3-1-2-9(6-10)11(16)7-15-8-14-5-4-12(15)17/h1-6,8H,7H2. The molecular formula is C12H9BrN2O2. The Morgan fingerprint density at radius 3 is 2.88 bits per heavy atom. The summed E-state index contributed by atoms with van der Waals surface area (Å²) in [4.78, 5) is 27.1. The van der Waals surface area contributed by atoms with E-state index in [2.05, 4.69) is 20.9 Å². The lowest BCUT2D eigenvalue weighted by Crippen LogP contribution is -2.23. The Bertz CT molecular complexity index is 607. The van der Waals surface area contributed by atoms with E-state index in [0.717, 1.165) is 4.47 Å². The summed E-state index contributed by atoms with van der Waals surface area (Å²) in [5.74, 6) is -0.124. The number of halogens is 1. The van der Waals surface area contributed by atoms with E-state index in [-0.39, 0.29) is 17.9 Å². The van der Waals surface area contributed by atoms with Gasteiger partial charge in [0.1, 0.15) is 0 Å². The molecule has 5 heteroatoms. The number of carbonyl (C=O) groups excluding carboxylic acids is 1. The molecule has 0 atom stereocenters. The van der Waals surface area contributed by atoms with Crippen molar-refractivity contribution in [2.24, 2.45) is 0 Å². The molecule has 0 radical (unpaired) electrons. The van der Waals surface area contributed by atoms with Crippen LogP contribution in [0.5, 0.6) is 0 Å². The number of carbonyl (C=O) groups is 1. The van der Waals surface area contributed by atoms with Gasteiger partial charge in [0.2, 0.25) is 0 Å². The summed E-state index contributed by atoms with van der Waals surface area (Å²) in [6, 6.07) is 8.39. The summed E-state index contributed by atoms with van der Waals surface area (Å²) in [5, 5.41) is 0. The fourth-order valence-corrected chi connectivity index (χ4v) is 1.80. The van der Waals surface area contributed by atoms with Gasteiger partial charge in [0, 0.05) is 22.3 Å². The van der Waals surface area contributed by atoms with Crippen LogP contribution in [0.1, 0.15) is 10.4 Å². The largest absolute Gasteiger partial charge is 0.292 e. The maximum Gasteiger partial charge on any atom is 0.253 e. The Hall–Kier alpha value is -1.75. The number of rotatable bonds is 3. The molecule has 1 heterocycles. The van der Waals surface area contributed by atoms with Crippen molar-refractivity contribution in [3.05, 3.63) is 63.2 Å². The molecule has 17 heavy (non-hydrogen) atoms. The average Bonchev–Trinajstić information content (AvgIpc) is 2.32. The Balaban J connectivity index is 2.23. The molecule has 0 amide bonds. The van der Waals surface area contributed by atoms with Gasteiger partial charge in [-0.05, 0) is 12.1 Å². The first-order valence-electron chi connectivity index (χ1n) is 4.96. The number of benzene rings is 1. The highest BCUT2D eigenvalue weighted by atomic mass is 79.9. The zero-order chi connectivity index (χ0) is 12.3. The maximum atomic E-state index is 11.9. The average molecular weight is 293 g/mol. The first-order valence-corrected chi connectivity index (χ1v) is 5.75. The van der Waals surface area contributed by atoms with Gasteiger partial charge in [0.25, 0.3) is 5.56 Å². The van der Waals surface area contributed by atoms with Crippen LogP contribution in [0, 0.1) is 0 Å². The molecule has 0 aliphatic carbocycles. The minimum atomic E-state index is -0.233. The van der Waals surface area contributed by atoms with E-state index in [4.69, 9.17) is 0 Å². The highest BCUT2D eigenvalue weighted by molar-refractivity contribution is 9.10. The molecule has 0 spiro atoms. The predicted molar refractivity (Wildman–Crippen MR) is 67.0 cm³/mol. The Labute approximate surface area is 106 Å². The second-order valence-corrected chi connectivity index (χ2v) is 4.40. The minimum absolute atomic E-state index is 0.00310. The Kier molecular flexibility index (Phi) is 3.49. The van der Waals surface area contributed by atoms with E-state index in [1.165, 1.54) is 23.2 Å². The van der Waals surface area contributed by atoms with Crippen LogP contribution in [0.15, 0.2) is 52.1 Å².